The summed E-state index contributed by atoms with van der Waals surface area (Å²) in [6.07, 6.45) is 0.491. The van der Waals surface area contributed by atoms with Crippen LogP contribution in [-0.2, 0) is 37.0 Å². The standard InChI is InChI=1S/C31H43N5O8.H3P/c1-19(2)11-23(36-31(42)24(35-27(39)15-32-4)14-21-9-7-6-8-10-21)30(41)34-16-26(38)33-17-28(40)44-29-22(18-37)12-20(3)13-25(29)43-5;/h6-10,12-13,19,23-24,32,37H,11,14-18H2,1-5H3,(H,33,38)(H,34,41)(H,35,39)(H,36,42);1H3. The van der Waals surface area contributed by atoms with Crippen molar-refractivity contribution in [3.8, 4) is 11.5 Å². The second-order valence-corrected chi connectivity index (χ2v) is 10.6. The van der Waals surface area contributed by atoms with Gasteiger partial charge in [0.25, 0.3) is 0 Å². The number of rotatable bonds is 17. The van der Waals surface area contributed by atoms with E-state index in [1.807, 2.05) is 44.2 Å². The van der Waals surface area contributed by atoms with Gasteiger partial charge in [-0.15, -0.1) is 0 Å². The summed E-state index contributed by atoms with van der Waals surface area (Å²) in [5, 5.41) is 22.6. The molecule has 0 radical (unpaired) electrons. The summed E-state index contributed by atoms with van der Waals surface area (Å²) in [4.78, 5) is 63.4. The van der Waals surface area contributed by atoms with Gasteiger partial charge in [-0.2, -0.15) is 9.90 Å². The van der Waals surface area contributed by atoms with Gasteiger partial charge in [-0.25, -0.2) is 4.79 Å². The lowest BCUT2D eigenvalue weighted by Gasteiger charge is -2.24. The lowest BCUT2D eigenvalue weighted by Crippen LogP contribution is -2.56. The Balaban J connectivity index is 0.0000101. The van der Waals surface area contributed by atoms with E-state index in [0.29, 0.717) is 5.56 Å². The Morgan fingerprint density at radius 3 is 2.16 bits per heavy atom. The molecule has 2 aromatic carbocycles. The fourth-order valence-corrected chi connectivity index (χ4v) is 4.31. The molecule has 2 rings (SSSR count). The number of ether oxygens (including phenoxy) is 2. The highest BCUT2D eigenvalue weighted by Crippen LogP contribution is 2.33. The molecule has 0 aliphatic carbocycles. The fourth-order valence-electron chi connectivity index (χ4n) is 4.31. The molecule has 14 heteroatoms. The number of hydrogen-bond donors (Lipinski definition) is 6. The van der Waals surface area contributed by atoms with E-state index in [9.17, 15) is 29.1 Å². The van der Waals surface area contributed by atoms with Gasteiger partial charge in [-0.05, 0) is 49.6 Å². The van der Waals surface area contributed by atoms with Crippen LogP contribution >= 0.6 is 9.90 Å². The number of carbonyl (C=O) groups excluding carboxylic acids is 5. The third kappa shape index (κ3) is 13.6. The van der Waals surface area contributed by atoms with Gasteiger partial charge in [-0.1, -0.05) is 44.2 Å². The molecule has 0 fully saturated rings. The van der Waals surface area contributed by atoms with Crippen molar-refractivity contribution in [3.63, 3.8) is 0 Å². The quantitative estimate of drug-likeness (QED) is 0.0792. The molecule has 3 unspecified atom stereocenters. The van der Waals surface area contributed by atoms with Crippen molar-refractivity contribution in [1.29, 1.82) is 0 Å². The highest BCUT2D eigenvalue weighted by atomic mass is 31.0. The third-order valence-electron chi connectivity index (χ3n) is 6.35. The Morgan fingerprint density at radius 2 is 1.56 bits per heavy atom. The predicted molar refractivity (Wildman–Crippen MR) is 174 cm³/mol. The largest absolute Gasteiger partial charge is 0.493 e. The van der Waals surface area contributed by atoms with Gasteiger partial charge in [0.1, 0.15) is 18.6 Å². The molecule has 13 nitrogen and oxygen atoms in total. The summed E-state index contributed by atoms with van der Waals surface area (Å²) < 4.78 is 10.6. The van der Waals surface area contributed by atoms with Crippen LogP contribution in [-0.4, -0.2) is 80.6 Å². The van der Waals surface area contributed by atoms with Crippen molar-refractivity contribution in [2.45, 2.75) is 52.3 Å². The minimum absolute atomic E-state index is 0. The number of benzene rings is 2. The van der Waals surface area contributed by atoms with E-state index in [1.165, 1.54) is 7.11 Å². The summed E-state index contributed by atoms with van der Waals surface area (Å²) in [7, 11) is 3.01. The Bertz CT molecular complexity index is 1270. The molecule has 0 heterocycles. The molecule has 0 saturated carbocycles. The molecule has 45 heavy (non-hydrogen) atoms. The van der Waals surface area contributed by atoms with E-state index < -0.39 is 48.9 Å². The first kappa shape index (κ1) is 39.0. The lowest BCUT2D eigenvalue weighted by molar-refractivity contribution is -0.136. The number of methoxy groups -OCH3 is 1. The third-order valence-corrected chi connectivity index (χ3v) is 6.35. The van der Waals surface area contributed by atoms with Crippen LogP contribution in [0.2, 0.25) is 0 Å². The van der Waals surface area contributed by atoms with Crippen molar-refractivity contribution in [2.24, 2.45) is 5.92 Å². The second-order valence-electron chi connectivity index (χ2n) is 10.6. The molecule has 2 aromatic rings. The normalized spacial score (nSPS) is 11.8. The first-order chi connectivity index (χ1) is 21.0. The first-order valence-electron chi connectivity index (χ1n) is 14.3. The fraction of sp³-hybridized carbons (Fsp3) is 0.452. The zero-order valence-electron chi connectivity index (χ0n) is 26.5. The molecule has 0 aliphatic rings. The Kier molecular flexibility index (Phi) is 17.4. The van der Waals surface area contributed by atoms with Crippen LogP contribution in [0.3, 0.4) is 0 Å². The first-order valence-corrected chi connectivity index (χ1v) is 14.3. The SMILES string of the molecule is CNCC(=O)NC(Cc1ccccc1)C(=O)NC(CC(C)C)C(=O)NCC(=O)NCC(=O)Oc1c(CO)cc(C)cc1OC.P. The Morgan fingerprint density at radius 1 is 0.867 bits per heavy atom. The molecule has 0 aromatic heterocycles. The van der Waals surface area contributed by atoms with E-state index in [1.54, 1.807) is 26.1 Å². The Labute approximate surface area is 267 Å². The summed E-state index contributed by atoms with van der Waals surface area (Å²) in [5.74, 6) is -2.66. The van der Waals surface area contributed by atoms with Crippen LogP contribution in [0, 0.1) is 12.8 Å². The van der Waals surface area contributed by atoms with Crippen LogP contribution in [0.25, 0.3) is 0 Å². The lowest BCUT2D eigenvalue weighted by atomic mass is 10.0. The van der Waals surface area contributed by atoms with Gasteiger partial charge in [0, 0.05) is 12.0 Å². The van der Waals surface area contributed by atoms with Crippen molar-refractivity contribution < 1.29 is 38.6 Å². The molecular formula is C31H46N5O8P. The highest BCUT2D eigenvalue weighted by Gasteiger charge is 2.28. The van der Waals surface area contributed by atoms with Crippen molar-refractivity contribution in [2.75, 3.05) is 33.8 Å². The average Bonchev–Trinajstić information content (AvgIpc) is 2.99. The van der Waals surface area contributed by atoms with Crippen LogP contribution in [0.1, 0.15) is 37.0 Å². The smallest absolute Gasteiger partial charge is 0.330 e. The monoisotopic (exact) mass is 647 g/mol. The van der Waals surface area contributed by atoms with Crippen molar-refractivity contribution >= 4 is 39.5 Å². The van der Waals surface area contributed by atoms with E-state index in [4.69, 9.17) is 9.47 Å². The number of amides is 4. The maximum absolute atomic E-state index is 13.3. The molecule has 0 bridgehead atoms. The molecule has 4 amide bonds. The summed E-state index contributed by atoms with van der Waals surface area (Å²) >= 11 is 0. The minimum atomic E-state index is -0.981. The average molecular weight is 648 g/mol. The topological polar surface area (TPSA) is 184 Å². The number of aryl methyl sites for hydroxylation is 1. The van der Waals surface area contributed by atoms with Gasteiger partial charge in [-0.3, -0.25) is 19.2 Å². The number of aliphatic hydroxyl groups is 1. The number of likely N-dealkylation sites (N-methyl/N-ethyl adjacent to an activating group) is 1. The highest BCUT2D eigenvalue weighted by molar-refractivity contribution is 6.92. The minimum Gasteiger partial charge on any atom is -0.493 e. The van der Waals surface area contributed by atoms with Crippen molar-refractivity contribution in [1.82, 2.24) is 26.6 Å². The van der Waals surface area contributed by atoms with E-state index in [2.05, 4.69) is 26.6 Å². The number of aliphatic hydroxyl groups excluding tert-OH is 1. The number of nitrogens with one attached hydrogen (secondary N) is 5. The molecule has 3 atom stereocenters. The molecule has 0 saturated heterocycles. The van der Waals surface area contributed by atoms with Crippen LogP contribution < -0.4 is 36.1 Å². The van der Waals surface area contributed by atoms with Gasteiger partial charge < -0.3 is 41.2 Å². The van der Waals surface area contributed by atoms with Gasteiger partial charge in [0.2, 0.25) is 23.6 Å². The maximum Gasteiger partial charge on any atom is 0.330 e. The summed E-state index contributed by atoms with van der Waals surface area (Å²) in [5.41, 5.74) is 1.97. The van der Waals surface area contributed by atoms with Crippen LogP contribution in [0.5, 0.6) is 11.5 Å². The molecule has 0 spiro atoms. The number of carbonyl (C=O) groups is 5. The number of hydrogen-bond acceptors (Lipinski definition) is 9. The van der Waals surface area contributed by atoms with Crippen molar-refractivity contribution in [3.05, 3.63) is 59.2 Å². The molecule has 0 aliphatic heterocycles. The predicted octanol–water partition coefficient (Wildman–Crippen LogP) is 0.170. The van der Waals surface area contributed by atoms with Crippen LogP contribution in [0.15, 0.2) is 42.5 Å². The summed E-state index contributed by atoms with van der Waals surface area (Å²) in [6, 6.07) is 10.5. The maximum atomic E-state index is 13.3. The van der Waals surface area contributed by atoms with Gasteiger partial charge >= 0.3 is 5.97 Å². The zero-order chi connectivity index (χ0) is 32.6. The number of esters is 1. The van der Waals surface area contributed by atoms with E-state index >= 15 is 0 Å². The second kappa shape index (κ2) is 20.1. The van der Waals surface area contributed by atoms with Crippen LogP contribution in [0.4, 0.5) is 0 Å². The van der Waals surface area contributed by atoms with Gasteiger partial charge in [0.05, 0.1) is 26.8 Å². The molecule has 6 N–H and O–H groups in total. The molecular weight excluding hydrogens is 601 g/mol. The van der Waals surface area contributed by atoms with E-state index in [-0.39, 0.29) is 59.2 Å². The van der Waals surface area contributed by atoms with Gasteiger partial charge in [0.15, 0.2) is 11.5 Å². The molecule has 248 valence electrons. The zero-order valence-corrected chi connectivity index (χ0v) is 27.9. The summed E-state index contributed by atoms with van der Waals surface area (Å²) in [6.45, 7) is 4.22. The van der Waals surface area contributed by atoms with E-state index in [0.717, 1.165) is 11.1 Å². The Hall–Kier alpha value is -4.06.